The van der Waals surface area contributed by atoms with Crippen molar-refractivity contribution in [2.45, 2.75) is 24.1 Å². The summed E-state index contributed by atoms with van der Waals surface area (Å²) in [6.45, 7) is -1.20. The topological polar surface area (TPSA) is 279 Å². The number of nitrogens with zero attached hydrogens (tertiary/aromatic N) is 3. The number of nitrogens with one attached hydrogen (secondary N) is 1. The Morgan fingerprint density at radius 3 is 2.53 bits per heavy atom. The fourth-order valence-corrected chi connectivity index (χ4v) is 5.93. The zero-order chi connectivity index (χ0) is 25.7. The summed E-state index contributed by atoms with van der Waals surface area (Å²) < 4.78 is 66.9. The summed E-state index contributed by atoms with van der Waals surface area (Å²) >= 11 is 0. The Kier molecular flexibility index (Phi) is 6.94. The number of hydrogen-bond donors (Lipinski definition) is 7. The normalized spacial score (nSPS) is 28.9. The number of hydrogen-bond acceptors (Lipinski definition) is 12. The number of alkyl halides is 1. The van der Waals surface area contributed by atoms with Gasteiger partial charge in [-0.05, 0) is 0 Å². The van der Waals surface area contributed by atoms with E-state index in [1.54, 1.807) is 5.92 Å². The Labute approximate surface area is 186 Å². The average Bonchev–Trinajstić information content (AvgIpc) is 3.17. The first-order valence-corrected chi connectivity index (χ1v) is 13.0. The number of rotatable bonds is 8. The predicted octanol–water partition coefficient (Wildman–Crippen LogP) is -1.36. The lowest BCUT2D eigenvalue weighted by atomic mass is 9.97. The Morgan fingerprint density at radius 1 is 1.29 bits per heavy atom. The van der Waals surface area contributed by atoms with E-state index in [0.29, 0.717) is 0 Å². The summed E-state index contributed by atoms with van der Waals surface area (Å²) in [5.41, 5.74) is 1.06. The van der Waals surface area contributed by atoms with E-state index in [4.69, 9.17) is 31.6 Å². The number of ether oxygens (including phenoxy) is 1. The van der Waals surface area contributed by atoms with Crippen molar-refractivity contribution in [3.05, 3.63) is 16.7 Å². The van der Waals surface area contributed by atoms with Gasteiger partial charge in [-0.25, -0.2) is 23.1 Å². The second-order valence-corrected chi connectivity index (χ2v) is 11.0. The van der Waals surface area contributed by atoms with Crippen LogP contribution in [0.2, 0.25) is 0 Å². The minimum Gasteiger partial charge on any atom is -0.386 e. The van der Waals surface area contributed by atoms with Gasteiger partial charge in [0.05, 0.1) is 12.9 Å². The number of aromatic amines is 1. The first kappa shape index (κ1) is 26.6. The molecule has 0 radical (unpaired) electrons. The van der Waals surface area contributed by atoms with Crippen molar-refractivity contribution in [1.82, 2.24) is 19.5 Å². The van der Waals surface area contributed by atoms with Gasteiger partial charge >= 0.3 is 23.5 Å². The van der Waals surface area contributed by atoms with Gasteiger partial charge in [0.2, 0.25) is 11.6 Å². The number of nitrogens with two attached hydrogens (primary N) is 1. The molecule has 1 aliphatic heterocycles. The highest BCUT2D eigenvalue weighted by Gasteiger charge is 2.58. The van der Waals surface area contributed by atoms with E-state index in [9.17, 15) is 28.5 Å². The lowest BCUT2D eigenvalue weighted by molar-refractivity contribution is -0.0496. The van der Waals surface area contributed by atoms with E-state index in [-0.39, 0.29) is 17.1 Å². The fourth-order valence-electron chi connectivity index (χ4n) is 2.90. The number of halogens is 1. The molecule has 0 aromatic carbocycles. The first-order chi connectivity index (χ1) is 15.5. The molecule has 34 heavy (non-hydrogen) atoms. The average molecular weight is 549 g/mol. The van der Waals surface area contributed by atoms with Gasteiger partial charge in [-0.2, -0.15) is 13.6 Å². The van der Waals surface area contributed by atoms with Crippen molar-refractivity contribution < 1.29 is 60.6 Å². The zero-order valence-corrected chi connectivity index (χ0v) is 18.9. The lowest BCUT2D eigenvalue weighted by Crippen LogP contribution is -2.42. The van der Waals surface area contributed by atoms with Gasteiger partial charge in [-0.1, -0.05) is 5.92 Å². The van der Waals surface area contributed by atoms with Crippen LogP contribution in [0.3, 0.4) is 0 Å². The SMILES string of the molecule is C#C[C@@]1(F)[C@H](O)[C@@H](COP(=O)(O)OP(=O)(O)OP(=O)(O)O)O[C@H]1n1cnc2c(=O)[nH]c(N)nc21. The van der Waals surface area contributed by atoms with E-state index in [2.05, 4.69) is 28.1 Å². The van der Waals surface area contributed by atoms with Gasteiger partial charge < -0.3 is 35.2 Å². The van der Waals surface area contributed by atoms with Crippen LogP contribution in [0.15, 0.2) is 11.1 Å². The van der Waals surface area contributed by atoms with Gasteiger partial charge in [0.25, 0.3) is 5.56 Å². The van der Waals surface area contributed by atoms with Crippen LogP contribution in [0.25, 0.3) is 11.2 Å². The van der Waals surface area contributed by atoms with Crippen LogP contribution in [-0.4, -0.2) is 68.7 Å². The van der Waals surface area contributed by atoms with Crippen LogP contribution < -0.4 is 11.3 Å². The molecule has 18 nitrogen and oxygen atoms in total. The zero-order valence-electron chi connectivity index (χ0n) is 16.2. The molecular weight excluding hydrogens is 534 g/mol. The molecule has 2 aromatic rings. The van der Waals surface area contributed by atoms with Gasteiger partial charge in [-0.3, -0.25) is 18.9 Å². The molecule has 22 heteroatoms. The first-order valence-electron chi connectivity index (χ1n) is 8.49. The molecule has 0 amide bonds. The molecule has 3 heterocycles. The monoisotopic (exact) mass is 549 g/mol. The van der Waals surface area contributed by atoms with Gasteiger partial charge in [0.15, 0.2) is 17.4 Å². The van der Waals surface area contributed by atoms with Crippen molar-refractivity contribution in [3.8, 4) is 12.3 Å². The molecule has 3 rings (SSSR count). The molecule has 0 saturated carbocycles. The molecule has 1 saturated heterocycles. The number of phosphoric acid groups is 3. The number of nitrogen functional groups attached to an aromatic ring is 1. The second kappa shape index (κ2) is 8.88. The number of aliphatic hydroxyl groups excluding tert-OH is 1. The van der Waals surface area contributed by atoms with Crippen LogP contribution in [0.1, 0.15) is 6.23 Å². The summed E-state index contributed by atoms with van der Waals surface area (Å²) in [7, 11) is -17.0. The molecule has 1 aliphatic rings. The third-order valence-corrected chi connectivity index (χ3v) is 7.99. The van der Waals surface area contributed by atoms with Crippen LogP contribution in [0.5, 0.6) is 0 Å². The summed E-state index contributed by atoms with van der Waals surface area (Å²) in [6, 6.07) is 0. The number of phosphoric ester groups is 1. The van der Waals surface area contributed by atoms with Crippen molar-refractivity contribution in [2.24, 2.45) is 0 Å². The molecule has 2 aromatic heterocycles. The number of aliphatic hydroxyl groups is 1. The molecule has 2 unspecified atom stereocenters. The van der Waals surface area contributed by atoms with Crippen LogP contribution in [0, 0.1) is 12.3 Å². The Morgan fingerprint density at radius 2 is 1.94 bits per heavy atom. The number of aromatic nitrogens is 4. The smallest absolute Gasteiger partial charge is 0.386 e. The summed E-state index contributed by atoms with van der Waals surface area (Å²) in [4.78, 5) is 57.3. The minimum absolute atomic E-state index is 0.288. The molecule has 6 atom stereocenters. The number of H-pyrrole nitrogens is 1. The van der Waals surface area contributed by atoms with Crippen molar-refractivity contribution in [1.29, 1.82) is 0 Å². The highest BCUT2D eigenvalue weighted by Crippen LogP contribution is 2.66. The summed E-state index contributed by atoms with van der Waals surface area (Å²) in [5.74, 6) is 1.30. The van der Waals surface area contributed by atoms with Crippen molar-refractivity contribution in [2.75, 3.05) is 12.3 Å². The van der Waals surface area contributed by atoms with Crippen LogP contribution in [-0.2, 0) is 31.6 Å². The maximum Gasteiger partial charge on any atom is 0.490 e. The van der Waals surface area contributed by atoms with Gasteiger partial charge in [0, 0.05) is 0 Å². The van der Waals surface area contributed by atoms with E-state index >= 15 is 4.39 Å². The van der Waals surface area contributed by atoms with E-state index < -0.39 is 59.7 Å². The van der Waals surface area contributed by atoms with Crippen molar-refractivity contribution >= 4 is 40.6 Å². The molecule has 0 aliphatic carbocycles. The molecule has 1 fully saturated rings. The van der Waals surface area contributed by atoms with E-state index in [0.717, 1.165) is 10.9 Å². The Balaban J connectivity index is 1.83. The van der Waals surface area contributed by atoms with Crippen LogP contribution in [0.4, 0.5) is 10.3 Å². The summed E-state index contributed by atoms with van der Waals surface area (Å²) in [6.07, 6.45) is 0.120. The number of fused-ring (bicyclic) bond motifs is 1. The van der Waals surface area contributed by atoms with Gasteiger partial charge in [0.1, 0.15) is 12.2 Å². The minimum atomic E-state index is -5.81. The molecule has 188 valence electrons. The fraction of sp³-hybridized carbons (Fsp3) is 0.417. The highest BCUT2D eigenvalue weighted by atomic mass is 31.3. The highest BCUT2D eigenvalue weighted by molar-refractivity contribution is 7.66. The Hall–Kier alpha value is -2.03. The Bertz CT molecular complexity index is 1350. The van der Waals surface area contributed by atoms with Crippen LogP contribution >= 0.6 is 23.5 Å². The number of terminal acetylenes is 1. The van der Waals surface area contributed by atoms with Crippen molar-refractivity contribution in [3.63, 3.8) is 0 Å². The maximum atomic E-state index is 15.5. The lowest BCUT2D eigenvalue weighted by Gasteiger charge is -2.23. The second-order valence-electron chi connectivity index (χ2n) is 6.55. The molecule has 0 spiro atoms. The predicted molar refractivity (Wildman–Crippen MR) is 105 cm³/mol. The largest absolute Gasteiger partial charge is 0.490 e. The molecule has 0 bridgehead atoms. The van der Waals surface area contributed by atoms with E-state index in [1.807, 2.05) is 0 Å². The third-order valence-electron chi connectivity index (χ3n) is 4.19. The quantitative estimate of drug-likeness (QED) is 0.148. The summed E-state index contributed by atoms with van der Waals surface area (Å²) in [5, 5.41) is 10.3. The van der Waals surface area contributed by atoms with E-state index in [1.165, 1.54) is 0 Å². The maximum absolute atomic E-state index is 15.5. The molecular formula is C12H15FN5O13P3. The number of imidazole rings is 1. The molecule has 8 N–H and O–H groups in total. The van der Waals surface area contributed by atoms with Gasteiger partial charge in [-0.15, -0.1) is 6.42 Å². The number of anilines is 1. The standard InChI is InChI=1S/C12H15FN5O13P3/c1-2-12(13)7(19)5(3-28-33(24,25)31-34(26,27)30-32(21,22)23)29-10(12)18-4-15-6-8(18)16-11(14)17-9(6)20/h1,4-5,7,10,19H,3H2,(H,24,25)(H,26,27)(H2,21,22,23)(H3,14,16,17,20)/t5-,7-,10-,12-/m1/s1. The third kappa shape index (κ3) is 5.44.